The van der Waals surface area contributed by atoms with E-state index in [2.05, 4.69) is 5.10 Å². The number of aromatic carboxylic acids is 1. The molecule has 0 aliphatic rings. The van der Waals surface area contributed by atoms with Gasteiger partial charge in [-0.15, -0.1) is 0 Å². The fourth-order valence-corrected chi connectivity index (χ4v) is 1.35. The minimum Gasteiger partial charge on any atom is -0.476 e. The highest BCUT2D eigenvalue weighted by molar-refractivity contribution is 5.84. The Balaban J connectivity index is 1.97. The Labute approximate surface area is 107 Å². The summed E-state index contributed by atoms with van der Waals surface area (Å²) in [6.45, 7) is 0.0189. The fourth-order valence-electron chi connectivity index (χ4n) is 1.35. The first-order valence-electron chi connectivity index (χ1n) is 5.20. The molecular formula is C11H9N3O5. The minimum atomic E-state index is -1.12. The van der Waals surface area contributed by atoms with E-state index in [-0.39, 0.29) is 18.1 Å². The van der Waals surface area contributed by atoms with Gasteiger partial charge in [-0.3, -0.25) is 10.1 Å². The number of carboxylic acids is 1. The molecule has 1 heterocycles. The molecule has 0 unspecified atom stereocenters. The van der Waals surface area contributed by atoms with E-state index in [1.54, 1.807) is 0 Å². The van der Waals surface area contributed by atoms with Crippen LogP contribution in [0.25, 0.3) is 0 Å². The van der Waals surface area contributed by atoms with Gasteiger partial charge in [-0.25, -0.2) is 9.48 Å². The molecule has 19 heavy (non-hydrogen) atoms. The molecule has 0 atom stereocenters. The Morgan fingerprint density at radius 2 is 2.05 bits per heavy atom. The molecule has 1 aromatic heterocycles. The van der Waals surface area contributed by atoms with Crippen molar-refractivity contribution in [3.63, 3.8) is 0 Å². The van der Waals surface area contributed by atoms with E-state index in [0.717, 1.165) is 0 Å². The summed E-state index contributed by atoms with van der Waals surface area (Å²) >= 11 is 0. The lowest BCUT2D eigenvalue weighted by atomic mass is 10.3. The molecule has 0 radical (unpaired) electrons. The average Bonchev–Trinajstić information content (AvgIpc) is 2.86. The SMILES string of the molecule is O=C(O)c1ccn(COc2ccc([N+](=O)[O-])cc2)n1. The van der Waals surface area contributed by atoms with Crippen LogP contribution in [0, 0.1) is 10.1 Å². The predicted octanol–water partition coefficient (Wildman–Crippen LogP) is 1.53. The first-order valence-corrected chi connectivity index (χ1v) is 5.20. The van der Waals surface area contributed by atoms with Gasteiger partial charge >= 0.3 is 5.97 Å². The molecule has 8 heteroatoms. The highest BCUT2D eigenvalue weighted by Crippen LogP contribution is 2.17. The van der Waals surface area contributed by atoms with Gasteiger partial charge in [-0.05, 0) is 18.2 Å². The van der Waals surface area contributed by atoms with Gasteiger partial charge in [0.05, 0.1) is 4.92 Å². The summed E-state index contributed by atoms with van der Waals surface area (Å²) in [6.07, 6.45) is 1.47. The molecule has 0 spiro atoms. The smallest absolute Gasteiger partial charge is 0.356 e. The molecule has 1 aromatic carbocycles. The normalized spacial score (nSPS) is 10.1. The van der Waals surface area contributed by atoms with Crippen molar-refractivity contribution in [1.29, 1.82) is 0 Å². The molecule has 0 saturated carbocycles. The lowest BCUT2D eigenvalue weighted by molar-refractivity contribution is -0.384. The third-order valence-electron chi connectivity index (χ3n) is 2.27. The number of hydrogen-bond acceptors (Lipinski definition) is 5. The van der Waals surface area contributed by atoms with Crippen molar-refractivity contribution in [3.05, 3.63) is 52.3 Å². The van der Waals surface area contributed by atoms with Crippen molar-refractivity contribution >= 4 is 11.7 Å². The summed E-state index contributed by atoms with van der Waals surface area (Å²) in [5, 5.41) is 22.9. The highest BCUT2D eigenvalue weighted by atomic mass is 16.6. The van der Waals surface area contributed by atoms with Gasteiger partial charge in [-0.1, -0.05) is 0 Å². The summed E-state index contributed by atoms with van der Waals surface area (Å²) in [5.41, 5.74) is -0.105. The molecule has 98 valence electrons. The van der Waals surface area contributed by atoms with Crippen molar-refractivity contribution in [2.24, 2.45) is 0 Å². The molecule has 0 amide bonds. The second-order valence-electron chi connectivity index (χ2n) is 3.57. The Bertz CT molecular complexity index is 605. The van der Waals surface area contributed by atoms with Crippen LogP contribution in [0.4, 0.5) is 5.69 Å². The number of nitro benzene ring substituents is 1. The molecule has 0 saturated heterocycles. The van der Waals surface area contributed by atoms with E-state index in [9.17, 15) is 14.9 Å². The van der Waals surface area contributed by atoms with Crippen molar-refractivity contribution in [2.75, 3.05) is 0 Å². The van der Waals surface area contributed by atoms with Gasteiger partial charge in [0.1, 0.15) is 5.75 Å². The second kappa shape index (κ2) is 5.17. The van der Waals surface area contributed by atoms with Gasteiger partial charge in [0.15, 0.2) is 12.4 Å². The number of rotatable bonds is 5. The number of nitro groups is 1. The topological polar surface area (TPSA) is 107 Å². The van der Waals surface area contributed by atoms with E-state index in [1.807, 2.05) is 0 Å². The Hall–Kier alpha value is -2.90. The van der Waals surface area contributed by atoms with Crippen molar-refractivity contribution in [1.82, 2.24) is 9.78 Å². The number of carbonyl (C=O) groups is 1. The monoisotopic (exact) mass is 263 g/mol. The Morgan fingerprint density at radius 3 is 2.58 bits per heavy atom. The molecular weight excluding hydrogens is 254 g/mol. The first-order chi connectivity index (χ1) is 9.06. The summed E-state index contributed by atoms with van der Waals surface area (Å²) < 4.78 is 6.62. The summed E-state index contributed by atoms with van der Waals surface area (Å²) in [6, 6.07) is 6.91. The zero-order valence-corrected chi connectivity index (χ0v) is 9.59. The molecule has 0 fully saturated rings. The third kappa shape index (κ3) is 3.06. The maximum absolute atomic E-state index is 10.6. The van der Waals surface area contributed by atoms with Crippen LogP contribution in [0.3, 0.4) is 0 Å². The van der Waals surface area contributed by atoms with Gasteiger partial charge in [0.2, 0.25) is 0 Å². The number of non-ortho nitro benzene ring substituents is 1. The quantitative estimate of drug-likeness (QED) is 0.647. The lowest BCUT2D eigenvalue weighted by Crippen LogP contribution is -2.07. The van der Waals surface area contributed by atoms with Crippen LogP contribution < -0.4 is 4.74 Å². The summed E-state index contributed by atoms with van der Waals surface area (Å²) in [4.78, 5) is 20.6. The van der Waals surface area contributed by atoms with Crippen LogP contribution in [0.15, 0.2) is 36.5 Å². The maximum atomic E-state index is 10.6. The van der Waals surface area contributed by atoms with Crippen LogP contribution in [0.1, 0.15) is 10.5 Å². The molecule has 8 nitrogen and oxygen atoms in total. The molecule has 2 rings (SSSR count). The lowest BCUT2D eigenvalue weighted by Gasteiger charge is -2.05. The summed E-state index contributed by atoms with van der Waals surface area (Å²) in [5.74, 6) is -0.688. The number of aromatic nitrogens is 2. The zero-order chi connectivity index (χ0) is 13.8. The standard InChI is InChI=1S/C11H9N3O5/c15-11(16)10-5-6-13(12-10)7-19-9-3-1-8(2-4-9)14(17)18/h1-6H,7H2,(H,15,16). The maximum Gasteiger partial charge on any atom is 0.356 e. The van der Waals surface area contributed by atoms with E-state index in [4.69, 9.17) is 9.84 Å². The van der Waals surface area contributed by atoms with Gasteiger partial charge in [0.25, 0.3) is 5.69 Å². The number of ether oxygens (including phenoxy) is 1. The minimum absolute atomic E-state index is 0.0189. The fraction of sp³-hybridized carbons (Fsp3) is 0.0909. The molecule has 2 aromatic rings. The van der Waals surface area contributed by atoms with E-state index >= 15 is 0 Å². The zero-order valence-electron chi connectivity index (χ0n) is 9.59. The Morgan fingerprint density at radius 1 is 1.37 bits per heavy atom. The first kappa shape index (κ1) is 12.6. The molecule has 0 aliphatic carbocycles. The van der Waals surface area contributed by atoms with Crippen molar-refractivity contribution in [2.45, 2.75) is 6.73 Å². The second-order valence-corrected chi connectivity index (χ2v) is 3.57. The highest BCUT2D eigenvalue weighted by Gasteiger charge is 2.07. The van der Waals surface area contributed by atoms with Crippen LogP contribution in [0.5, 0.6) is 5.75 Å². The number of benzene rings is 1. The largest absolute Gasteiger partial charge is 0.476 e. The van der Waals surface area contributed by atoms with Gasteiger partial charge in [0, 0.05) is 18.3 Å². The summed E-state index contributed by atoms with van der Waals surface area (Å²) in [7, 11) is 0. The van der Waals surface area contributed by atoms with E-state index < -0.39 is 10.9 Å². The van der Waals surface area contributed by atoms with E-state index in [1.165, 1.54) is 41.2 Å². The number of nitrogens with zero attached hydrogens (tertiary/aromatic N) is 3. The van der Waals surface area contributed by atoms with Crippen molar-refractivity contribution in [3.8, 4) is 5.75 Å². The van der Waals surface area contributed by atoms with Gasteiger partial charge in [-0.2, -0.15) is 5.10 Å². The van der Waals surface area contributed by atoms with Crippen LogP contribution in [-0.2, 0) is 6.73 Å². The third-order valence-corrected chi connectivity index (χ3v) is 2.27. The predicted molar refractivity (Wildman–Crippen MR) is 62.9 cm³/mol. The number of carboxylic acid groups (broad SMARTS) is 1. The van der Waals surface area contributed by atoms with Crippen LogP contribution >= 0.6 is 0 Å². The Kier molecular flexibility index (Phi) is 3.42. The van der Waals surface area contributed by atoms with Crippen LogP contribution in [0.2, 0.25) is 0 Å². The van der Waals surface area contributed by atoms with E-state index in [0.29, 0.717) is 5.75 Å². The van der Waals surface area contributed by atoms with Crippen LogP contribution in [-0.4, -0.2) is 25.8 Å². The average molecular weight is 263 g/mol. The van der Waals surface area contributed by atoms with Gasteiger partial charge < -0.3 is 9.84 Å². The molecule has 0 aliphatic heterocycles. The molecule has 1 N–H and O–H groups in total. The number of hydrogen-bond donors (Lipinski definition) is 1. The van der Waals surface area contributed by atoms with Crippen molar-refractivity contribution < 1.29 is 19.6 Å². The molecule has 0 bridgehead atoms.